The number of hydrogen-bond donors (Lipinski definition) is 0. The van der Waals surface area contributed by atoms with Crippen molar-refractivity contribution in [3.63, 3.8) is 0 Å². The lowest BCUT2D eigenvalue weighted by atomic mass is 10.3. The summed E-state index contributed by atoms with van der Waals surface area (Å²) in [7, 11) is 0. The van der Waals surface area contributed by atoms with E-state index < -0.39 is 4.92 Å². The normalized spacial score (nSPS) is 10.7. The van der Waals surface area contributed by atoms with Crippen LogP contribution in [0.25, 0.3) is 16.9 Å². The van der Waals surface area contributed by atoms with Crippen LogP contribution in [0.1, 0.15) is 0 Å². The number of nitrogens with zero attached hydrogens (tertiary/aromatic N) is 4. The summed E-state index contributed by atoms with van der Waals surface area (Å²) in [5.41, 5.74) is 1.75. The van der Waals surface area contributed by atoms with Gasteiger partial charge in [-0.3, -0.25) is 14.7 Å². The molecule has 0 N–H and O–H groups in total. The van der Waals surface area contributed by atoms with E-state index in [1.807, 2.05) is 24.3 Å². The summed E-state index contributed by atoms with van der Waals surface area (Å²) < 4.78 is 1.79. The summed E-state index contributed by atoms with van der Waals surface area (Å²) in [5.74, 6) is 0.606. The molecule has 0 saturated carbocycles. The summed E-state index contributed by atoms with van der Waals surface area (Å²) in [6.07, 6.45) is 2.89. The Kier molecular flexibility index (Phi) is 2.26. The van der Waals surface area contributed by atoms with Crippen LogP contribution in [0, 0.1) is 10.1 Å². The molecule has 18 heavy (non-hydrogen) atoms. The Morgan fingerprint density at radius 1 is 1.11 bits per heavy atom. The average Bonchev–Trinajstić information content (AvgIpc) is 2.82. The van der Waals surface area contributed by atoms with Crippen LogP contribution < -0.4 is 0 Å². The first-order valence-corrected chi connectivity index (χ1v) is 5.28. The lowest BCUT2D eigenvalue weighted by Crippen LogP contribution is -1.96. The summed E-state index contributed by atoms with van der Waals surface area (Å²) in [6, 6.07) is 10.7. The zero-order valence-corrected chi connectivity index (χ0v) is 9.22. The molecular formula is C12H8N4O2. The number of rotatable bonds is 2. The molecule has 2 aromatic heterocycles. The van der Waals surface area contributed by atoms with Gasteiger partial charge in [0.2, 0.25) is 0 Å². The molecule has 0 radical (unpaired) electrons. The molecule has 0 aliphatic heterocycles. The lowest BCUT2D eigenvalue weighted by molar-refractivity contribution is -0.385. The molecular weight excluding hydrogens is 232 g/mol. The maximum absolute atomic E-state index is 10.6. The van der Waals surface area contributed by atoms with Crippen molar-refractivity contribution in [1.82, 2.24) is 14.5 Å². The van der Waals surface area contributed by atoms with Gasteiger partial charge in [0.25, 0.3) is 5.69 Å². The summed E-state index contributed by atoms with van der Waals surface area (Å²) in [4.78, 5) is 18.4. The van der Waals surface area contributed by atoms with Gasteiger partial charge in [-0.2, -0.15) is 0 Å². The van der Waals surface area contributed by atoms with E-state index >= 15 is 0 Å². The minimum absolute atomic E-state index is 0.0248. The fourth-order valence-electron chi connectivity index (χ4n) is 1.77. The molecule has 0 aliphatic rings. The van der Waals surface area contributed by atoms with Gasteiger partial charge in [-0.05, 0) is 18.2 Å². The van der Waals surface area contributed by atoms with Gasteiger partial charge in [0.1, 0.15) is 18.3 Å². The van der Waals surface area contributed by atoms with Crippen molar-refractivity contribution in [2.45, 2.75) is 0 Å². The van der Waals surface area contributed by atoms with E-state index in [4.69, 9.17) is 0 Å². The Labute approximate surface area is 102 Å². The summed E-state index contributed by atoms with van der Waals surface area (Å²) in [5, 5.41) is 10.6. The van der Waals surface area contributed by atoms with Crippen molar-refractivity contribution < 1.29 is 4.92 Å². The third-order valence-electron chi connectivity index (χ3n) is 2.64. The molecule has 0 atom stereocenters. The molecule has 0 spiro atoms. The van der Waals surface area contributed by atoms with Crippen LogP contribution in [0.5, 0.6) is 0 Å². The van der Waals surface area contributed by atoms with Crippen molar-refractivity contribution in [1.29, 1.82) is 0 Å². The fraction of sp³-hybridized carbons (Fsp3) is 0. The SMILES string of the molecule is O=[N+]([O-])c1ccc(-n2cnc3ccccc32)nc1. The van der Waals surface area contributed by atoms with Gasteiger partial charge in [0.05, 0.1) is 16.0 Å². The Bertz CT molecular complexity index is 718. The van der Waals surface area contributed by atoms with Crippen LogP contribution in [0.3, 0.4) is 0 Å². The van der Waals surface area contributed by atoms with Crippen molar-refractivity contribution >= 4 is 16.7 Å². The number of benzene rings is 1. The van der Waals surface area contributed by atoms with E-state index in [1.165, 1.54) is 12.3 Å². The van der Waals surface area contributed by atoms with Crippen LogP contribution in [0.4, 0.5) is 5.69 Å². The van der Waals surface area contributed by atoms with Crippen molar-refractivity contribution in [2.24, 2.45) is 0 Å². The van der Waals surface area contributed by atoms with Gasteiger partial charge in [-0.15, -0.1) is 0 Å². The minimum Gasteiger partial charge on any atom is -0.283 e. The number of aromatic nitrogens is 3. The second kappa shape index (κ2) is 3.92. The van der Waals surface area contributed by atoms with Gasteiger partial charge in [0.15, 0.2) is 0 Å². The second-order valence-corrected chi connectivity index (χ2v) is 3.73. The van der Waals surface area contributed by atoms with Crippen molar-refractivity contribution in [3.05, 3.63) is 59.0 Å². The third kappa shape index (κ3) is 1.60. The van der Waals surface area contributed by atoms with Crippen LogP contribution in [-0.4, -0.2) is 19.5 Å². The smallest absolute Gasteiger partial charge is 0.283 e. The Balaban J connectivity index is 2.12. The van der Waals surface area contributed by atoms with Crippen LogP contribution in [0.2, 0.25) is 0 Å². The first-order chi connectivity index (χ1) is 8.75. The molecule has 0 bridgehead atoms. The molecule has 0 amide bonds. The molecule has 0 unspecified atom stereocenters. The van der Waals surface area contributed by atoms with Crippen LogP contribution in [0.15, 0.2) is 48.9 Å². The number of hydrogen-bond acceptors (Lipinski definition) is 4. The Morgan fingerprint density at radius 3 is 2.67 bits per heavy atom. The Hall–Kier alpha value is -2.76. The maximum atomic E-state index is 10.6. The topological polar surface area (TPSA) is 73.8 Å². The van der Waals surface area contributed by atoms with E-state index in [0.717, 1.165) is 11.0 Å². The van der Waals surface area contributed by atoms with Crippen LogP contribution >= 0.6 is 0 Å². The predicted molar refractivity (Wildman–Crippen MR) is 65.5 cm³/mol. The highest BCUT2D eigenvalue weighted by Crippen LogP contribution is 2.17. The maximum Gasteiger partial charge on any atom is 0.287 e. The van der Waals surface area contributed by atoms with Gasteiger partial charge < -0.3 is 0 Å². The quantitative estimate of drug-likeness (QED) is 0.509. The zero-order valence-electron chi connectivity index (χ0n) is 9.22. The molecule has 3 rings (SSSR count). The predicted octanol–water partition coefficient (Wildman–Crippen LogP) is 2.33. The lowest BCUT2D eigenvalue weighted by Gasteiger charge is -2.02. The molecule has 3 aromatic rings. The fourth-order valence-corrected chi connectivity index (χ4v) is 1.77. The highest BCUT2D eigenvalue weighted by atomic mass is 16.6. The minimum atomic E-state index is -0.469. The molecule has 1 aromatic carbocycles. The number of fused-ring (bicyclic) bond motifs is 1. The van der Waals surface area contributed by atoms with Gasteiger partial charge in [0, 0.05) is 6.07 Å². The van der Waals surface area contributed by atoms with Crippen LogP contribution in [-0.2, 0) is 0 Å². The first kappa shape index (κ1) is 10.4. The molecule has 0 fully saturated rings. The van der Waals surface area contributed by atoms with Gasteiger partial charge >= 0.3 is 0 Å². The highest BCUT2D eigenvalue weighted by molar-refractivity contribution is 5.76. The average molecular weight is 240 g/mol. The molecule has 6 nitrogen and oxygen atoms in total. The monoisotopic (exact) mass is 240 g/mol. The van der Waals surface area contributed by atoms with Gasteiger partial charge in [-0.1, -0.05) is 12.1 Å². The van der Waals surface area contributed by atoms with E-state index in [0.29, 0.717) is 5.82 Å². The zero-order chi connectivity index (χ0) is 12.5. The molecule has 6 heteroatoms. The largest absolute Gasteiger partial charge is 0.287 e. The molecule has 2 heterocycles. The van der Waals surface area contributed by atoms with E-state index in [-0.39, 0.29) is 5.69 Å². The van der Waals surface area contributed by atoms with Crippen molar-refractivity contribution in [2.75, 3.05) is 0 Å². The standard InChI is InChI=1S/C12H8N4O2/c17-16(18)9-5-6-12(13-7-9)15-8-14-10-3-1-2-4-11(10)15/h1-8H. The molecule has 88 valence electrons. The van der Waals surface area contributed by atoms with E-state index in [1.54, 1.807) is 17.0 Å². The summed E-state index contributed by atoms with van der Waals surface area (Å²) >= 11 is 0. The van der Waals surface area contributed by atoms with Gasteiger partial charge in [-0.25, -0.2) is 9.97 Å². The number of para-hydroxylation sites is 2. The van der Waals surface area contributed by atoms with E-state index in [9.17, 15) is 10.1 Å². The number of nitro groups is 1. The number of imidazole rings is 1. The first-order valence-electron chi connectivity index (χ1n) is 5.28. The third-order valence-corrected chi connectivity index (χ3v) is 2.64. The van der Waals surface area contributed by atoms with E-state index in [2.05, 4.69) is 9.97 Å². The Morgan fingerprint density at radius 2 is 1.94 bits per heavy atom. The van der Waals surface area contributed by atoms with Crippen molar-refractivity contribution in [3.8, 4) is 5.82 Å². The molecule has 0 aliphatic carbocycles. The molecule has 0 saturated heterocycles. The number of pyridine rings is 1. The second-order valence-electron chi connectivity index (χ2n) is 3.73. The summed E-state index contributed by atoms with van der Waals surface area (Å²) in [6.45, 7) is 0. The highest BCUT2D eigenvalue weighted by Gasteiger charge is 2.08.